The number of aromatic nitrogens is 6. The normalized spacial score (nSPS) is 24.0. The third-order valence-corrected chi connectivity index (χ3v) is 13.0. The van der Waals surface area contributed by atoms with E-state index in [1.165, 1.54) is 30.3 Å². The fraction of sp³-hybridized carbons (Fsp3) is 0.457. The van der Waals surface area contributed by atoms with Crippen LogP contribution in [0.2, 0.25) is 0 Å². The Balaban J connectivity index is 0.000000158. The second-order valence-electron chi connectivity index (χ2n) is 17.1. The molecule has 326 valence electrons. The molecule has 8 heterocycles. The smallest absolute Gasteiger partial charge is 0.350 e. The molecule has 0 radical (unpaired) electrons. The second kappa shape index (κ2) is 18.5. The highest BCUT2D eigenvalue weighted by Crippen LogP contribution is 2.38. The predicted molar refractivity (Wildman–Crippen MR) is 225 cm³/mol. The van der Waals surface area contributed by atoms with Crippen LogP contribution in [0.1, 0.15) is 62.5 Å². The van der Waals surface area contributed by atoms with Crippen molar-refractivity contribution in [2.75, 3.05) is 13.1 Å². The van der Waals surface area contributed by atoms with Crippen molar-refractivity contribution in [3.8, 4) is 0 Å². The van der Waals surface area contributed by atoms with Crippen molar-refractivity contribution in [3.05, 3.63) is 141 Å². The fourth-order valence-corrected chi connectivity index (χ4v) is 10.0. The van der Waals surface area contributed by atoms with Gasteiger partial charge in [0.25, 0.3) is 0 Å². The van der Waals surface area contributed by atoms with Crippen LogP contribution in [0.4, 0.5) is 8.78 Å². The van der Waals surface area contributed by atoms with Gasteiger partial charge < -0.3 is 14.6 Å². The van der Waals surface area contributed by atoms with Crippen molar-refractivity contribution >= 4 is 17.1 Å². The molecule has 16 heteroatoms. The van der Waals surface area contributed by atoms with Gasteiger partial charge in [-0.25, -0.2) is 27.7 Å². The highest BCUT2D eigenvalue weighted by atomic mass is 19.1. The maximum atomic E-state index is 13.8. The lowest BCUT2D eigenvalue weighted by molar-refractivity contribution is -0.123. The molecule has 5 atom stereocenters. The topological polar surface area (TPSA) is 141 Å². The summed E-state index contributed by atoms with van der Waals surface area (Å²) in [5.41, 5.74) is 1.74. The van der Waals surface area contributed by atoms with Gasteiger partial charge in [-0.15, -0.1) is 10.2 Å². The number of nitrogens with zero attached hydrogens (tertiary/aromatic N) is 8. The summed E-state index contributed by atoms with van der Waals surface area (Å²) in [7, 11) is 0. The van der Waals surface area contributed by atoms with Crippen LogP contribution in [0, 0.1) is 11.6 Å². The Kier molecular flexibility index (Phi) is 12.5. The lowest BCUT2D eigenvalue weighted by atomic mass is 9.99. The van der Waals surface area contributed by atoms with Crippen LogP contribution in [0.3, 0.4) is 0 Å². The maximum absolute atomic E-state index is 13.8. The van der Waals surface area contributed by atoms with Gasteiger partial charge >= 0.3 is 11.4 Å². The van der Waals surface area contributed by atoms with E-state index in [9.17, 15) is 28.3 Å². The molecule has 4 saturated heterocycles. The molecule has 0 spiro atoms. The number of pyridine rings is 2. The number of fused-ring (bicyclic) bond motifs is 6. The third-order valence-electron chi connectivity index (χ3n) is 13.0. The van der Waals surface area contributed by atoms with E-state index in [0.717, 1.165) is 51.4 Å². The van der Waals surface area contributed by atoms with Gasteiger partial charge in [-0.1, -0.05) is 48.5 Å². The zero-order valence-corrected chi connectivity index (χ0v) is 34.5. The molecule has 14 nitrogen and oxygen atoms in total. The molecule has 4 aromatic heterocycles. The minimum absolute atomic E-state index is 0.0202. The zero-order valence-electron chi connectivity index (χ0n) is 34.5. The van der Waals surface area contributed by atoms with Crippen LogP contribution in [0.25, 0.3) is 11.3 Å². The molecule has 0 aliphatic carbocycles. The van der Waals surface area contributed by atoms with Crippen molar-refractivity contribution in [2.45, 2.75) is 120 Å². The number of benzene rings is 2. The molecule has 2 aromatic carbocycles. The first kappa shape index (κ1) is 41.9. The molecular weight excluding hydrogens is 799 g/mol. The lowest BCUT2D eigenvalue weighted by Crippen LogP contribution is -2.49. The molecule has 4 bridgehead atoms. The van der Waals surface area contributed by atoms with Gasteiger partial charge in [0.05, 0.1) is 44.6 Å². The lowest BCUT2D eigenvalue weighted by Gasteiger charge is -2.39. The second-order valence-corrected chi connectivity index (χ2v) is 17.1. The fourth-order valence-electron chi connectivity index (χ4n) is 10.0. The quantitative estimate of drug-likeness (QED) is 0.165. The van der Waals surface area contributed by atoms with Crippen molar-refractivity contribution < 1.29 is 28.2 Å². The predicted octanol–water partition coefficient (Wildman–Crippen LogP) is 4.62. The summed E-state index contributed by atoms with van der Waals surface area (Å²) in [6.07, 6.45) is 10.5. The number of carbonyl (C=O) groups is 1. The molecule has 4 aliphatic heterocycles. The van der Waals surface area contributed by atoms with E-state index < -0.39 is 6.10 Å². The molecule has 5 unspecified atom stereocenters. The first-order valence-corrected chi connectivity index (χ1v) is 21.7. The molecule has 62 heavy (non-hydrogen) atoms. The summed E-state index contributed by atoms with van der Waals surface area (Å²) in [6.45, 7) is 1.53. The van der Waals surface area contributed by atoms with Crippen LogP contribution in [-0.2, 0) is 40.6 Å². The number of hydrogen-bond acceptors (Lipinski definition) is 10. The Morgan fingerprint density at radius 1 is 0.613 bits per heavy atom. The summed E-state index contributed by atoms with van der Waals surface area (Å²) in [5, 5.41) is 19.3. The van der Waals surface area contributed by atoms with Crippen LogP contribution < -0.4 is 11.4 Å². The summed E-state index contributed by atoms with van der Waals surface area (Å²) in [6, 6.07) is 25.4. The monoisotopic (exact) mass is 850 g/mol. The maximum Gasteiger partial charge on any atom is 0.350 e. The summed E-state index contributed by atoms with van der Waals surface area (Å²) in [5.74, 6) is -0.489. The molecule has 4 fully saturated rings. The average molecular weight is 851 g/mol. The van der Waals surface area contributed by atoms with E-state index in [4.69, 9.17) is 9.47 Å². The average Bonchev–Trinajstić information content (AvgIpc) is 3.90. The van der Waals surface area contributed by atoms with E-state index in [2.05, 4.69) is 20.0 Å². The molecular formula is C46H52F2N8O6. The van der Waals surface area contributed by atoms with Gasteiger partial charge in [-0.05, 0) is 87.8 Å². The Bertz CT molecular complexity index is 2600. The number of hydrogen-bond donors (Lipinski definition) is 1. The van der Waals surface area contributed by atoms with Gasteiger partial charge in [0, 0.05) is 54.2 Å². The number of aliphatic hydroxyl groups is 1. The number of ketones is 1. The Morgan fingerprint density at radius 3 is 1.56 bits per heavy atom. The van der Waals surface area contributed by atoms with Crippen molar-refractivity contribution in [3.63, 3.8) is 0 Å². The van der Waals surface area contributed by atoms with E-state index in [-0.39, 0.29) is 79.4 Å². The number of rotatable bonds is 14. The zero-order chi connectivity index (χ0) is 42.7. The number of piperidine rings is 2. The first-order valence-electron chi connectivity index (χ1n) is 21.7. The highest BCUT2D eigenvalue weighted by molar-refractivity contribution is 5.80. The molecule has 0 saturated carbocycles. The van der Waals surface area contributed by atoms with Crippen molar-refractivity contribution in [1.82, 2.24) is 38.2 Å². The van der Waals surface area contributed by atoms with Crippen LogP contribution >= 0.6 is 0 Å². The van der Waals surface area contributed by atoms with E-state index in [1.54, 1.807) is 60.9 Å². The van der Waals surface area contributed by atoms with Gasteiger partial charge in [-0.3, -0.25) is 23.4 Å². The Labute approximate surface area is 356 Å². The molecule has 6 aromatic rings. The van der Waals surface area contributed by atoms with Gasteiger partial charge in [-0.2, -0.15) is 0 Å². The largest absolute Gasteiger partial charge is 0.390 e. The number of ether oxygens (including phenoxy) is 2. The number of aliphatic hydroxyl groups excluding tert-OH is 1. The van der Waals surface area contributed by atoms with Gasteiger partial charge in [0.2, 0.25) is 0 Å². The summed E-state index contributed by atoms with van der Waals surface area (Å²) in [4.78, 5) is 42.2. The van der Waals surface area contributed by atoms with Crippen LogP contribution in [0.15, 0.2) is 107 Å². The van der Waals surface area contributed by atoms with Crippen molar-refractivity contribution in [1.29, 1.82) is 0 Å². The van der Waals surface area contributed by atoms with E-state index in [1.807, 2.05) is 24.3 Å². The van der Waals surface area contributed by atoms with Crippen molar-refractivity contribution in [2.24, 2.45) is 0 Å². The standard InChI is InChI=1S/C23H27FN4O3.C23H25FN4O3/c2*24-21-6-2-1-5-16(21)15-31-20-11-17-8-9-18(12-20)27(17)13-19(29)14-28-23(30)26-10-4-3-7-22(26)25-28/h1-7,10,17-20,29H,8-9,11-15H2;1-7,10,17-18,20H,8-9,11-15H2. The van der Waals surface area contributed by atoms with Crippen LogP contribution in [-0.4, -0.2) is 105 Å². The van der Waals surface area contributed by atoms with E-state index in [0.29, 0.717) is 47.6 Å². The molecule has 10 rings (SSSR count). The summed E-state index contributed by atoms with van der Waals surface area (Å²) < 4.78 is 45.2. The van der Waals surface area contributed by atoms with Crippen LogP contribution in [0.5, 0.6) is 0 Å². The minimum atomic E-state index is -0.679. The SMILES string of the molecule is O=C(CN1C2CCC1CC(OCc1ccccc1F)C2)Cn1nc2ccccn2c1=O.O=c1n(CC(O)CN2C3CCC2CC(OCc2ccccc2F)C3)nc2ccccn12. The molecule has 4 aliphatic rings. The third kappa shape index (κ3) is 9.20. The van der Waals surface area contributed by atoms with Gasteiger partial charge in [0.1, 0.15) is 18.2 Å². The Morgan fingerprint density at radius 2 is 1.06 bits per heavy atom. The molecule has 0 amide bonds. The first-order chi connectivity index (χ1) is 30.2. The number of halogens is 2. The Hall–Kier alpha value is -5.39. The number of carbonyl (C=O) groups excluding carboxylic acids is 1. The summed E-state index contributed by atoms with van der Waals surface area (Å²) >= 11 is 0. The van der Waals surface area contributed by atoms with Gasteiger partial charge in [0.15, 0.2) is 17.1 Å². The molecule has 1 N–H and O–H groups in total. The number of Topliss-reactive ketones (excluding diaryl/α,β-unsaturated/α-hetero) is 1. The minimum Gasteiger partial charge on any atom is -0.390 e. The highest BCUT2D eigenvalue weighted by Gasteiger charge is 2.43. The van der Waals surface area contributed by atoms with E-state index >= 15 is 0 Å².